The van der Waals surface area contributed by atoms with E-state index >= 15 is 0 Å². The molecular formula is C11H17Cl2N3O2S. The Bertz CT molecular complexity index is 531. The van der Waals surface area contributed by atoms with Crippen LogP contribution in [0, 0.1) is 6.92 Å². The van der Waals surface area contributed by atoms with Crippen LogP contribution < -0.4 is 10.0 Å². The maximum atomic E-state index is 12.2. The largest absolute Gasteiger partial charge is 0.317 e. The summed E-state index contributed by atoms with van der Waals surface area (Å²) in [7, 11) is -3.58. The van der Waals surface area contributed by atoms with Gasteiger partial charge >= 0.3 is 0 Å². The Morgan fingerprint density at radius 1 is 1.37 bits per heavy atom. The molecule has 0 spiro atoms. The third-order valence-corrected chi connectivity index (χ3v) is 4.86. The zero-order chi connectivity index (χ0) is 13.2. The number of aromatic nitrogens is 1. The number of halogens is 2. The Hall–Kier alpha value is -0.400. The van der Waals surface area contributed by atoms with E-state index in [0.717, 1.165) is 25.9 Å². The van der Waals surface area contributed by atoms with Crippen molar-refractivity contribution in [3.8, 4) is 0 Å². The highest BCUT2D eigenvalue weighted by Gasteiger charge is 2.24. The molecule has 0 unspecified atom stereocenters. The maximum absolute atomic E-state index is 12.2. The van der Waals surface area contributed by atoms with Crippen LogP contribution in [-0.2, 0) is 10.0 Å². The summed E-state index contributed by atoms with van der Waals surface area (Å²) in [6.45, 7) is 3.42. The Morgan fingerprint density at radius 2 is 2.00 bits per heavy atom. The topological polar surface area (TPSA) is 71.1 Å². The predicted molar refractivity (Wildman–Crippen MR) is 77.4 cm³/mol. The van der Waals surface area contributed by atoms with Gasteiger partial charge in [-0.3, -0.25) is 0 Å². The first-order valence-corrected chi connectivity index (χ1v) is 7.71. The van der Waals surface area contributed by atoms with Crippen molar-refractivity contribution in [3.63, 3.8) is 0 Å². The molecule has 2 heterocycles. The van der Waals surface area contributed by atoms with Gasteiger partial charge in [-0.2, -0.15) is 0 Å². The van der Waals surface area contributed by atoms with E-state index in [1.165, 1.54) is 6.07 Å². The zero-order valence-corrected chi connectivity index (χ0v) is 12.9. The molecule has 5 nitrogen and oxygen atoms in total. The first kappa shape index (κ1) is 16.7. The van der Waals surface area contributed by atoms with Crippen molar-refractivity contribution in [2.24, 2.45) is 0 Å². The van der Waals surface area contributed by atoms with Crippen molar-refractivity contribution in [2.45, 2.75) is 30.7 Å². The summed E-state index contributed by atoms with van der Waals surface area (Å²) in [6, 6.07) is 3.10. The summed E-state index contributed by atoms with van der Waals surface area (Å²) in [6.07, 6.45) is 1.58. The second-order valence-corrected chi connectivity index (χ2v) is 6.43. The molecule has 0 saturated carbocycles. The van der Waals surface area contributed by atoms with Gasteiger partial charge < -0.3 is 5.32 Å². The first-order valence-electron chi connectivity index (χ1n) is 5.85. The van der Waals surface area contributed by atoms with Gasteiger partial charge in [-0.1, -0.05) is 11.6 Å². The highest BCUT2D eigenvalue weighted by Crippen LogP contribution is 2.20. The number of pyridine rings is 1. The molecular weight excluding hydrogens is 309 g/mol. The quantitative estimate of drug-likeness (QED) is 0.826. The van der Waals surface area contributed by atoms with Gasteiger partial charge in [0.2, 0.25) is 10.0 Å². The first-order chi connectivity index (χ1) is 8.49. The smallest absolute Gasteiger partial charge is 0.243 e. The molecule has 1 aliphatic rings. The lowest BCUT2D eigenvalue weighted by Gasteiger charge is -2.23. The van der Waals surface area contributed by atoms with E-state index in [1.54, 1.807) is 13.0 Å². The fourth-order valence-electron chi connectivity index (χ4n) is 1.94. The molecule has 1 aromatic heterocycles. The van der Waals surface area contributed by atoms with E-state index in [0.29, 0.717) is 5.69 Å². The lowest BCUT2D eigenvalue weighted by Crippen LogP contribution is -2.42. The van der Waals surface area contributed by atoms with Crippen LogP contribution in [0.2, 0.25) is 5.15 Å². The summed E-state index contributed by atoms with van der Waals surface area (Å²) in [4.78, 5) is 4.02. The SMILES string of the molecule is Cc1ccc(S(=O)(=O)NC2CCNCC2)c(Cl)n1.Cl. The fraction of sp³-hybridized carbons (Fsp3) is 0.545. The number of nitrogens with one attached hydrogen (secondary N) is 2. The molecule has 1 fully saturated rings. The summed E-state index contributed by atoms with van der Waals surface area (Å²) < 4.78 is 27.0. The summed E-state index contributed by atoms with van der Waals surface area (Å²) in [5, 5.41) is 3.21. The van der Waals surface area contributed by atoms with Crippen LogP contribution >= 0.6 is 24.0 Å². The van der Waals surface area contributed by atoms with Gasteiger partial charge in [-0.25, -0.2) is 18.1 Å². The molecule has 0 aliphatic carbocycles. The normalized spacial score (nSPS) is 16.9. The van der Waals surface area contributed by atoms with Crippen molar-refractivity contribution in [3.05, 3.63) is 23.0 Å². The van der Waals surface area contributed by atoms with Crippen LogP contribution in [0.1, 0.15) is 18.5 Å². The predicted octanol–water partition coefficient (Wildman–Crippen LogP) is 1.50. The number of rotatable bonds is 3. The van der Waals surface area contributed by atoms with Crippen molar-refractivity contribution in [2.75, 3.05) is 13.1 Å². The van der Waals surface area contributed by atoms with Crippen molar-refractivity contribution in [1.82, 2.24) is 15.0 Å². The van der Waals surface area contributed by atoms with E-state index in [9.17, 15) is 8.42 Å². The van der Waals surface area contributed by atoms with Crippen LogP contribution in [0.5, 0.6) is 0 Å². The van der Waals surface area contributed by atoms with Gasteiger partial charge in [0.1, 0.15) is 10.0 Å². The minimum atomic E-state index is -3.58. The minimum absolute atomic E-state index is 0. The highest BCUT2D eigenvalue weighted by molar-refractivity contribution is 7.89. The van der Waals surface area contributed by atoms with E-state index in [2.05, 4.69) is 15.0 Å². The van der Waals surface area contributed by atoms with Crippen LogP contribution in [0.25, 0.3) is 0 Å². The lowest BCUT2D eigenvalue weighted by atomic mass is 10.1. The van der Waals surface area contributed by atoms with Crippen LogP contribution in [0.15, 0.2) is 17.0 Å². The molecule has 19 heavy (non-hydrogen) atoms. The maximum Gasteiger partial charge on any atom is 0.243 e. The van der Waals surface area contributed by atoms with Crippen LogP contribution in [-0.4, -0.2) is 32.5 Å². The average molecular weight is 326 g/mol. The molecule has 0 amide bonds. The second kappa shape index (κ2) is 6.85. The summed E-state index contributed by atoms with van der Waals surface area (Å²) >= 11 is 5.89. The molecule has 108 valence electrons. The van der Waals surface area contributed by atoms with Gasteiger partial charge in [0.25, 0.3) is 0 Å². The Kier molecular flexibility index (Phi) is 6.01. The molecule has 2 N–H and O–H groups in total. The number of piperidine rings is 1. The molecule has 0 atom stereocenters. The molecule has 2 rings (SSSR count). The van der Waals surface area contributed by atoms with E-state index in [1.807, 2.05) is 0 Å². The highest BCUT2D eigenvalue weighted by atomic mass is 35.5. The van der Waals surface area contributed by atoms with Crippen LogP contribution in [0.3, 0.4) is 0 Å². The molecule has 0 radical (unpaired) electrons. The van der Waals surface area contributed by atoms with Crippen molar-refractivity contribution in [1.29, 1.82) is 0 Å². The monoisotopic (exact) mass is 325 g/mol. The summed E-state index contributed by atoms with van der Waals surface area (Å²) in [5.74, 6) is 0. The number of hydrogen-bond donors (Lipinski definition) is 2. The molecule has 1 aliphatic heterocycles. The second-order valence-electron chi connectivity index (χ2n) is 4.39. The Labute approximate surface area is 124 Å². The number of nitrogens with zero attached hydrogens (tertiary/aromatic N) is 1. The number of hydrogen-bond acceptors (Lipinski definition) is 4. The fourth-order valence-corrected chi connectivity index (χ4v) is 3.75. The zero-order valence-electron chi connectivity index (χ0n) is 10.5. The number of aryl methyl sites for hydroxylation is 1. The molecule has 1 aromatic rings. The van der Waals surface area contributed by atoms with Gasteiger partial charge in [0.05, 0.1) is 0 Å². The Morgan fingerprint density at radius 3 is 2.58 bits per heavy atom. The third-order valence-electron chi connectivity index (χ3n) is 2.90. The molecule has 1 saturated heterocycles. The van der Waals surface area contributed by atoms with Gasteiger partial charge in [-0.05, 0) is 45.0 Å². The third kappa shape index (κ3) is 4.29. The lowest BCUT2D eigenvalue weighted by molar-refractivity contribution is 0.427. The minimum Gasteiger partial charge on any atom is -0.317 e. The van der Waals surface area contributed by atoms with Gasteiger partial charge in [0.15, 0.2) is 0 Å². The number of sulfonamides is 1. The van der Waals surface area contributed by atoms with Gasteiger partial charge in [-0.15, -0.1) is 12.4 Å². The summed E-state index contributed by atoms with van der Waals surface area (Å²) in [5.41, 5.74) is 0.695. The van der Waals surface area contributed by atoms with E-state index in [-0.39, 0.29) is 28.5 Å². The van der Waals surface area contributed by atoms with Crippen LogP contribution in [0.4, 0.5) is 0 Å². The van der Waals surface area contributed by atoms with E-state index in [4.69, 9.17) is 11.6 Å². The Balaban J connectivity index is 0.00000180. The average Bonchev–Trinajstić information content (AvgIpc) is 2.29. The molecule has 0 aromatic carbocycles. The van der Waals surface area contributed by atoms with Crippen molar-refractivity contribution < 1.29 is 8.42 Å². The van der Waals surface area contributed by atoms with E-state index < -0.39 is 10.0 Å². The van der Waals surface area contributed by atoms with Gasteiger partial charge in [0, 0.05) is 11.7 Å². The standard InChI is InChI=1S/C11H16ClN3O2S.ClH/c1-8-2-3-10(11(12)14-8)18(16,17)15-9-4-6-13-7-5-9;/h2-3,9,13,15H,4-7H2,1H3;1H. The molecule has 8 heteroatoms. The van der Waals surface area contributed by atoms with Crippen molar-refractivity contribution >= 4 is 34.0 Å². The molecule has 0 bridgehead atoms.